The van der Waals surface area contributed by atoms with Crippen molar-refractivity contribution in [2.45, 2.75) is 37.8 Å². The number of nitriles is 1. The SMILES string of the molecule is N#Cc1ccc(N[C@@H]2CCCC[C@H]2O)cc1Cl. The van der Waals surface area contributed by atoms with E-state index in [0.717, 1.165) is 31.4 Å². The van der Waals surface area contributed by atoms with Gasteiger partial charge in [0.15, 0.2) is 0 Å². The Morgan fingerprint density at radius 1 is 1.35 bits per heavy atom. The van der Waals surface area contributed by atoms with E-state index in [1.807, 2.05) is 12.1 Å². The minimum Gasteiger partial charge on any atom is -0.391 e. The van der Waals surface area contributed by atoms with E-state index in [-0.39, 0.29) is 12.1 Å². The monoisotopic (exact) mass is 250 g/mol. The number of halogens is 1. The van der Waals surface area contributed by atoms with Gasteiger partial charge in [0.2, 0.25) is 0 Å². The van der Waals surface area contributed by atoms with Gasteiger partial charge in [-0.25, -0.2) is 0 Å². The Bertz CT molecular complexity index is 442. The Hall–Kier alpha value is -1.24. The van der Waals surface area contributed by atoms with E-state index in [2.05, 4.69) is 5.32 Å². The molecule has 2 N–H and O–H groups in total. The summed E-state index contributed by atoms with van der Waals surface area (Å²) < 4.78 is 0. The van der Waals surface area contributed by atoms with Crippen molar-refractivity contribution >= 4 is 17.3 Å². The number of benzene rings is 1. The van der Waals surface area contributed by atoms with Gasteiger partial charge in [0.1, 0.15) is 6.07 Å². The van der Waals surface area contributed by atoms with Gasteiger partial charge in [-0.05, 0) is 31.0 Å². The summed E-state index contributed by atoms with van der Waals surface area (Å²) in [5, 5.41) is 22.4. The number of hydrogen-bond donors (Lipinski definition) is 2. The van der Waals surface area contributed by atoms with Crippen molar-refractivity contribution in [1.82, 2.24) is 0 Å². The fourth-order valence-corrected chi connectivity index (χ4v) is 2.41. The van der Waals surface area contributed by atoms with Crippen LogP contribution < -0.4 is 5.32 Å². The molecule has 17 heavy (non-hydrogen) atoms. The predicted octanol–water partition coefficient (Wildman–Crippen LogP) is 2.93. The summed E-state index contributed by atoms with van der Waals surface area (Å²) >= 11 is 5.96. The molecule has 1 saturated carbocycles. The summed E-state index contributed by atoms with van der Waals surface area (Å²) in [6.45, 7) is 0. The van der Waals surface area contributed by atoms with E-state index in [4.69, 9.17) is 16.9 Å². The number of nitrogens with zero attached hydrogens (tertiary/aromatic N) is 1. The van der Waals surface area contributed by atoms with Gasteiger partial charge in [-0.2, -0.15) is 5.26 Å². The fourth-order valence-electron chi connectivity index (χ4n) is 2.19. The highest BCUT2D eigenvalue weighted by atomic mass is 35.5. The van der Waals surface area contributed by atoms with Crippen LogP contribution in [0.15, 0.2) is 18.2 Å². The molecule has 2 atom stereocenters. The van der Waals surface area contributed by atoms with Crippen molar-refractivity contribution in [2.75, 3.05) is 5.32 Å². The Kier molecular flexibility index (Phi) is 3.88. The van der Waals surface area contributed by atoms with Crippen LogP contribution in [0.5, 0.6) is 0 Å². The van der Waals surface area contributed by atoms with Crippen molar-refractivity contribution < 1.29 is 5.11 Å². The zero-order valence-electron chi connectivity index (χ0n) is 9.49. The van der Waals surface area contributed by atoms with Crippen molar-refractivity contribution in [3.63, 3.8) is 0 Å². The zero-order valence-corrected chi connectivity index (χ0v) is 10.2. The second-order valence-electron chi connectivity index (χ2n) is 4.41. The van der Waals surface area contributed by atoms with E-state index < -0.39 is 0 Å². The lowest BCUT2D eigenvalue weighted by molar-refractivity contribution is 0.116. The molecule has 0 aromatic heterocycles. The minimum absolute atomic E-state index is 0.0905. The first kappa shape index (κ1) is 12.2. The van der Waals surface area contributed by atoms with Crippen LogP contribution in [-0.4, -0.2) is 17.3 Å². The average Bonchev–Trinajstić information content (AvgIpc) is 2.32. The lowest BCUT2D eigenvalue weighted by atomic mass is 9.92. The molecular formula is C13H15ClN2O. The van der Waals surface area contributed by atoms with Crippen molar-refractivity contribution in [3.05, 3.63) is 28.8 Å². The molecule has 1 fully saturated rings. The van der Waals surface area contributed by atoms with Crippen LogP contribution in [0.1, 0.15) is 31.2 Å². The third-order valence-electron chi connectivity index (χ3n) is 3.17. The van der Waals surface area contributed by atoms with Crippen LogP contribution in [0, 0.1) is 11.3 Å². The number of nitrogens with one attached hydrogen (secondary N) is 1. The minimum atomic E-state index is -0.293. The summed E-state index contributed by atoms with van der Waals surface area (Å²) in [7, 11) is 0. The van der Waals surface area contributed by atoms with E-state index in [0.29, 0.717) is 10.6 Å². The number of anilines is 1. The second-order valence-corrected chi connectivity index (χ2v) is 4.82. The molecule has 1 aliphatic carbocycles. The highest BCUT2D eigenvalue weighted by molar-refractivity contribution is 6.32. The maximum Gasteiger partial charge on any atom is 0.101 e. The summed E-state index contributed by atoms with van der Waals surface area (Å²) in [6.07, 6.45) is 3.75. The smallest absolute Gasteiger partial charge is 0.101 e. The number of aliphatic hydroxyl groups is 1. The fraction of sp³-hybridized carbons (Fsp3) is 0.462. The standard InChI is InChI=1S/C13H15ClN2O/c14-11-7-10(6-5-9(11)8-15)16-12-3-1-2-4-13(12)17/h5-7,12-13,16-17H,1-4H2/t12-,13-/m1/s1. The Balaban J connectivity index is 2.08. The summed E-state index contributed by atoms with van der Waals surface area (Å²) in [6, 6.07) is 7.37. The van der Waals surface area contributed by atoms with Crippen molar-refractivity contribution in [3.8, 4) is 6.07 Å². The van der Waals surface area contributed by atoms with Gasteiger partial charge in [0.05, 0.1) is 22.7 Å². The van der Waals surface area contributed by atoms with Crippen molar-refractivity contribution in [1.29, 1.82) is 5.26 Å². The third-order valence-corrected chi connectivity index (χ3v) is 3.48. The van der Waals surface area contributed by atoms with Crippen LogP contribution in [0.25, 0.3) is 0 Å². The highest BCUT2D eigenvalue weighted by Gasteiger charge is 2.22. The highest BCUT2D eigenvalue weighted by Crippen LogP contribution is 2.25. The average molecular weight is 251 g/mol. The molecule has 0 heterocycles. The number of rotatable bonds is 2. The molecule has 4 heteroatoms. The van der Waals surface area contributed by atoms with E-state index >= 15 is 0 Å². The molecular weight excluding hydrogens is 236 g/mol. The lowest BCUT2D eigenvalue weighted by Crippen LogP contribution is -2.36. The molecule has 0 saturated heterocycles. The van der Waals surface area contributed by atoms with Crippen LogP contribution in [0.2, 0.25) is 5.02 Å². The zero-order chi connectivity index (χ0) is 12.3. The molecule has 1 aromatic rings. The van der Waals surface area contributed by atoms with E-state index in [9.17, 15) is 5.11 Å². The molecule has 2 rings (SSSR count). The van der Waals surface area contributed by atoms with Gasteiger partial charge in [0.25, 0.3) is 0 Å². The number of hydrogen-bond acceptors (Lipinski definition) is 3. The first-order valence-electron chi connectivity index (χ1n) is 5.85. The molecule has 0 amide bonds. The van der Waals surface area contributed by atoms with Gasteiger partial charge in [0, 0.05) is 5.69 Å². The summed E-state index contributed by atoms with van der Waals surface area (Å²) in [5.41, 5.74) is 1.33. The van der Waals surface area contributed by atoms with Crippen LogP contribution >= 0.6 is 11.6 Å². The van der Waals surface area contributed by atoms with Crippen LogP contribution in [-0.2, 0) is 0 Å². The topological polar surface area (TPSA) is 56.0 Å². The van der Waals surface area contributed by atoms with Crippen LogP contribution in [0.3, 0.4) is 0 Å². The number of aliphatic hydroxyl groups excluding tert-OH is 1. The molecule has 1 aliphatic rings. The predicted molar refractivity (Wildman–Crippen MR) is 68.1 cm³/mol. The molecule has 0 bridgehead atoms. The van der Waals surface area contributed by atoms with Gasteiger partial charge in [-0.3, -0.25) is 0 Å². The third kappa shape index (κ3) is 2.91. The summed E-state index contributed by atoms with van der Waals surface area (Å²) in [4.78, 5) is 0. The van der Waals surface area contributed by atoms with Gasteiger partial charge in [-0.1, -0.05) is 24.4 Å². The second kappa shape index (κ2) is 5.39. The lowest BCUT2D eigenvalue weighted by Gasteiger charge is -2.29. The Labute approximate surface area is 106 Å². The van der Waals surface area contributed by atoms with Gasteiger partial charge >= 0.3 is 0 Å². The molecule has 90 valence electrons. The largest absolute Gasteiger partial charge is 0.391 e. The maximum atomic E-state index is 9.85. The molecule has 3 nitrogen and oxygen atoms in total. The maximum absolute atomic E-state index is 9.85. The molecule has 0 aliphatic heterocycles. The Morgan fingerprint density at radius 3 is 2.76 bits per heavy atom. The molecule has 0 unspecified atom stereocenters. The summed E-state index contributed by atoms with van der Waals surface area (Å²) in [5.74, 6) is 0. The van der Waals surface area contributed by atoms with Gasteiger partial charge < -0.3 is 10.4 Å². The normalized spacial score (nSPS) is 24.1. The molecule has 0 spiro atoms. The van der Waals surface area contributed by atoms with E-state index in [1.165, 1.54) is 0 Å². The first-order chi connectivity index (χ1) is 8.20. The first-order valence-corrected chi connectivity index (χ1v) is 6.23. The van der Waals surface area contributed by atoms with Crippen molar-refractivity contribution in [2.24, 2.45) is 0 Å². The Morgan fingerprint density at radius 2 is 2.12 bits per heavy atom. The van der Waals surface area contributed by atoms with E-state index in [1.54, 1.807) is 12.1 Å². The molecule has 1 aromatic carbocycles. The van der Waals surface area contributed by atoms with Gasteiger partial charge in [-0.15, -0.1) is 0 Å². The van der Waals surface area contributed by atoms with Crippen LogP contribution in [0.4, 0.5) is 5.69 Å². The quantitative estimate of drug-likeness (QED) is 0.849. The molecule has 0 radical (unpaired) electrons.